The van der Waals surface area contributed by atoms with Crippen molar-refractivity contribution < 1.29 is 0 Å². The fraction of sp³-hybridized carbons (Fsp3) is 0.0556. The Morgan fingerprint density at radius 2 is 1.40 bits per heavy atom. The van der Waals surface area contributed by atoms with Crippen LogP contribution >= 0.6 is 0 Å². The summed E-state index contributed by atoms with van der Waals surface area (Å²) in [7, 11) is 0. The molecule has 1 heterocycles. The van der Waals surface area contributed by atoms with Crippen molar-refractivity contribution in [2.75, 3.05) is 0 Å². The summed E-state index contributed by atoms with van der Waals surface area (Å²) in [4.78, 5) is 7.31. The maximum Gasteiger partial charge on any atom is 0.0924 e. The number of imidazole rings is 1. The van der Waals surface area contributed by atoms with Crippen LogP contribution in [0.25, 0.3) is 11.1 Å². The molecule has 1 N–H and O–H groups in total. The molecule has 2 aromatic carbocycles. The first-order valence-corrected chi connectivity index (χ1v) is 6.67. The Bertz CT molecular complexity index is 654. The third kappa shape index (κ3) is 2.41. The molecule has 0 radical (unpaired) electrons. The van der Waals surface area contributed by atoms with Gasteiger partial charge < -0.3 is 4.98 Å². The molecular formula is C18H16N2. The molecule has 0 bridgehead atoms. The fourth-order valence-electron chi connectivity index (χ4n) is 2.40. The van der Waals surface area contributed by atoms with E-state index in [1.807, 2.05) is 18.3 Å². The maximum absolute atomic E-state index is 4.12. The highest BCUT2D eigenvalue weighted by molar-refractivity contribution is 5.97. The van der Waals surface area contributed by atoms with E-state index in [4.69, 9.17) is 0 Å². The lowest BCUT2D eigenvalue weighted by atomic mass is 9.92. The van der Waals surface area contributed by atoms with Crippen molar-refractivity contribution in [1.82, 2.24) is 9.97 Å². The van der Waals surface area contributed by atoms with Gasteiger partial charge in [0.1, 0.15) is 0 Å². The van der Waals surface area contributed by atoms with Gasteiger partial charge in [0.05, 0.1) is 18.2 Å². The second-order valence-electron chi connectivity index (χ2n) is 4.70. The number of nitrogens with zero attached hydrogens (tertiary/aromatic N) is 1. The normalized spacial score (nSPS) is 10.2. The summed E-state index contributed by atoms with van der Waals surface area (Å²) in [6.45, 7) is 2.13. The molecule has 0 unspecified atom stereocenters. The van der Waals surface area contributed by atoms with Gasteiger partial charge in [0, 0.05) is 0 Å². The van der Waals surface area contributed by atoms with Crippen molar-refractivity contribution in [2.24, 2.45) is 0 Å². The second kappa shape index (κ2) is 5.57. The van der Waals surface area contributed by atoms with Crippen LogP contribution in [0.4, 0.5) is 0 Å². The number of nitrogens with one attached hydrogen (secondary N) is 1. The Morgan fingerprint density at radius 3 is 1.85 bits per heavy atom. The maximum atomic E-state index is 4.12. The minimum Gasteiger partial charge on any atom is -0.345 e. The van der Waals surface area contributed by atoms with Gasteiger partial charge in [0.15, 0.2) is 0 Å². The molecule has 98 valence electrons. The number of hydrogen-bond donors (Lipinski definition) is 1. The average Bonchev–Trinajstić information content (AvgIpc) is 3.04. The van der Waals surface area contributed by atoms with E-state index < -0.39 is 0 Å². The molecule has 2 heteroatoms. The number of aromatic nitrogens is 2. The van der Waals surface area contributed by atoms with Crippen LogP contribution in [-0.4, -0.2) is 9.97 Å². The first kappa shape index (κ1) is 12.4. The topological polar surface area (TPSA) is 28.7 Å². The van der Waals surface area contributed by atoms with Gasteiger partial charge >= 0.3 is 0 Å². The summed E-state index contributed by atoms with van der Waals surface area (Å²) in [5.74, 6) is 0. The Morgan fingerprint density at radius 1 is 0.850 bits per heavy atom. The molecule has 0 fully saturated rings. The number of benzene rings is 2. The number of hydrogen-bond acceptors (Lipinski definition) is 1. The highest BCUT2D eigenvalue weighted by atomic mass is 14.9. The van der Waals surface area contributed by atoms with Crippen LogP contribution in [-0.2, 0) is 0 Å². The molecule has 0 atom stereocenters. The summed E-state index contributed by atoms with van der Waals surface area (Å²) < 4.78 is 0. The highest BCUT2D eigenvalue weighted by Crippen LogP contribution is 2.30. The Labute approximate surface area is 118 Å². The molecule has 0 aliphatic carbocycles. The van der Waals surface area contributed by atoms with E-state index in [2.05, 4.69) is 65.4 Å². The van der Waals surface area contributed by atoms with E-state index in [-0.39, 0.29) is 0 Å². The van der Waals surface area contributed by atoms with Gasteiger partial charge in [0.25, 0.3) is 0 Å². The van der Waals surface area contributed by atoms with Gasteiger partial charge in [-0.1, -0.05) is 60.7 Å². The summed E-state index contributed by atoms with van der Waals surface area (Å²) in [5, 5.41) is 0. The van der Waals surface area contributed by atoms with Gasteiger partial charge in [-0.15, -0.1) is 0 Å². The Balaban J connectivity index is 2.22. The number of rotatable bonds is 3. The van der Waals surface area contributed by atoms with E-state index in [1.165, 1.54) is 22.3 Å². The first-order chi connectivity index (χ1) is 9.86. The zero-order valence-corrected chi connectivity index (χ0v) is 11.4. The van der Waals surface area contributed by atoms with Crippen molar-refractivity contribution in [2.45, 2.75) is 6.92 Å². The Kier molecular flexibility index (Phi) is 3.46. The zero-order chi connectivity index (χ0) is 13.8. The molecule has 1 aromatic heterocycles. The number of aromatic amines is 1. The predicted molar refractivity (Wildman–Crippen MR) is 83.1 cm³/mol. The fourth-order valence-corrected chi connectivity index (χ4v) is 2.40. The molecule has 20 heavy (non-hydrogen) atoms. The Hall–Kier alpha value is -2.61. The van der Waals surface area contributed by atoms with Gasteiger partial charge in [-0.3, -0.25) is 0 Å². The lowest BCUT2D eigenvalue weighted by Gasteiger charge is -2.12. The van der Waals surface area contributed by atoms with Gasteiger partial charge in [0.2, 0.25) is 0 Å². The van der Waals surface area contributed by atoms with E-state index in [0.717, 1.165) is 5.69 Å². The number of allylic oxidation sites excluding steroid dienone is 1. The summed E-state index contributed by atoms with van der Waals surface area (Å²) >= 11 is 0. The minimum absolute atomic E-state index is 1.05. The summed E-state index contributed by atoms with van der Waals surface area (Å²) in [6.07, 6.45) is 3.58. The minimum atomic E-state index is 1.05. The van der Waals surface area contributed by atoms with Gasteiger partial charge in [-0.2, -0.15) is 0 Å². The van der Waals surface area contributed by atoms with E-state index in [1.54, 1.807) is 6.33 Å². The molecule has 0 amide bonds. The van der Waals surface area contributed by atoms with Crippen molar-refractivity contribution in [3.63, 3.8) is 0 Å². The molecule has 0 spiro atoms. The van der Waals surface area contributed by atoms with E-state index in [0.29, 0.717) is 0 Å². The SMILES string of the molecule is CC(=C(c1ccccc1)c1ccccc1)c1cnc[nH]1. The van der Waals surface area contributed by atoms with Gasteiger partial charge in [-0.25, -0.2) is 4.98 Å². The van der Waals surface area contributed by atoms with Crippen LogP contribution in [0, 0.1) is 0 Å². The van der Waals surface area contributed by atoms with Crippen LogP contribution in [0.5, 0.6) is 0 Å². The standard InChI is InChI=1S/C18H16N2/c1-14(17-12-19-13-20-17)18(15-8-4-2-5-9-15)16-10-6-3-7-11-16/h2-13H,1H3,(H,19,20). The predicted octanol–water partition coefficient (Wildman–Crippen LogP) is 4.39. The number of H-pyrrole nitrogens is 1. The van der Waals surface area contributed by atoms with Crippen molar-refractivity contribution >= 4 is 11.1 Å². The first-order valence-electron chi connectivity index (χ1n) is 6.67. The molecule has 0 aliphatic rings. The van der Waals surface area contributed by atoms with E-state index in [9.17, 15) is 0 Å². The molecule has 2 nitrogen and oxygen atoms in total. The molecule has 0 saturated heterocycles. The van der Waals surface area contributed by atoms with Crippen LogP contribution in [0.2, 0.25) is 0 Å². The molecule has 3 aromatic rings. The molecule has 0 aliphatic heterocycles. The van der Waals surface area contributed by atoms with Crippen molar-refractivity contribution in [3.8, 4) is 0 Å². The van der Waals surface area contributed by atoms with Gasteiger partial charge in [-0.05, 0) is 29.2 Å². The summed E-state index contributed by atoms with van der Waals surface area (Å²) in [6, 6.07) is 20.9. The molecular weight excluding hydrogens is 244 g/mol. The quantitative estimate of drug-likeness (QED) is 0.743. The molecule has 0 saturated carbocycles. The largest absolute Gasteiger partial charge is 0.345 e. The summed E-state index contributed by atoms with van der Waals surface area (Å²) in [5.41, 5.74) is 5.90. The lowest BCUT2D eigenvalue weighted by Crippen LogP contribution is -1.92. The van der Waals surface area contributed by atoms with Crippen molar-refractivity contribution in [1.29, 1.82) is 0 Å². The smallest absolute Gasteiger partial charge is 0.0924 e. The van der Waals surface area contributed by atoms with Crippen LogP contribution < -0.4 is 0 Å². The third-order valence-electron chi connectivity index (χ3n) is 3.40. The van der Waals surface area contributed by atoms with Crippen LogP contribution in [0.3, 0.4) is 0 Å². The van der Waals surface area contributed by atoms with Crippen LogP contribution in [0.1, 0.15) is 23.7 Å². The lowest BCUT2D eigenvalue weighted by molar-refractivity contribution is 1.29. The zero-order valence-electron chi connectivity index (χ0n) is 11.4. The second-order valence-corrected chi connectivity index (χ2v) is 4.70. The third-order valence-corrected chi connectivity index (χ3v) is 3.40. The van der Waals surface area contributed by atoms with Crippen molar-refractivity contribution in [3.05, 3.63) is 90.0 Å². The molecule has 3 rings (SSSR count). The van der Waals surface area contributed by atoms with Crippen LogP contribution in [0.15, 0.2) is 73.2 Å². The van der Waals surface area contributed by atoms with E-state index >= 15 is 0 Å². The highest BCUT2D eigenvalue weighted by Gasteiger charge is 2.10. The average molecular weight is 260 g/mol. The monoisotopic (exact) mass is 260 g/mol.